The molecule has 23 heavy (non-hydrogen) atoms. The van der Waals surface area contributed by atoms with Crippen LogP contribution in [0.1, 0.15) is 17.2 Å². The molecule has 1 heterocycles. The van der Waals surface area contributed by atoms with E-state index < -0.39 is 0 Å². The number of benzene rings is 2. The zero-order chi connectivity index (χ0) is 16.2. The fourth-order valence-electron chi connectivity index (χ4n) is 3.09. The summed E-state index contributed by atoms with van der Waals surface area (Å²) in [5.41, 5.74) is 2.09. The minimum atomic E-state index is 0.115. The van der Waals surface area contributed by atoms with E-state index in [4.69, 9.17) is 0 Å². The molecular weight excluding hydrogens is 288 g/mol. The number of piperazine rings is 1. The Morgan fingerprint density at radius 2 is 1.91 bits per heavy atom. The number of aromatic hydroxyl groups is 1. The van der Waals surface area contributed by atoms with Gasteiger partial charge in [0.2, 0.25) is 5.91 Å². The predicted octanol–water partition coefficient (Wildman–Crippen LogP) is 2.45. The van der Waals surface area contributed by atoms with Crippen molar-refractivity contribution in [3.8, 4) is 5.75 Å². The van der Waals surface area contributed by atoms with Gasteiger partial charge in [-0.3, -0.25) is 9.69 Å². The average Bonchev–Trinajstić information content (AvgIpc) is 2.56. The number of nitrogens with zero attached hydrogens (tertiary/aromatic N) is 2. The lowest BCUT2D eigenvalue weighted by atomic mass is 10.0. The van der Waals surface area contributed by atoms with Gasteiger partial charge in [-0.15, -0.1) is 0 Å². The quantitative estimate of drug-likeness (QED) is 0.947. The van der Waals surface area contributed by atoms with E-state index in [-0.39, 0.29) is 17.7 Å². The van der Waals surface area contributed by atoms with Gasteiger partial charge < -0.3 is 10.0 Å². The van der Waals surface area contributed by atoms with Crippen molar-refractivity contribution in [3.05, 3.63) is 65.7 Å². The molecule has 0 radical (unpaired) electrons. The number of hydrogen-bond acceptors (Lipinski definition) is 3. The van der Waals surface area contributed by atoms with Crippen LogP contribution in [0.2, 0.25) is 0 Å². The summed E-state index contributed by atoms with van der Waals surface area (Å²) in [7, 11) is 2.11. The summed E-state index contributed by atoms with van der Waals surface area (Å²) in [6.07, 6.45) is 0.333. The molecule has 1 aliphatic heterocycles. The zero-order valence-electron chi connectivity index (χ0n) is 13.4. The second-order valence-corrected chi connectivity index (χ2v) is 6.09. The SMILES string of the molecule is CN1CCN(C(=O)Cc2cccc(O)c2)C[C@@H]1c1ccccc1. The highest BCUT2D eigenvalue weighted by atomic mass is 16.3. The molecule has 0 bridgehead atoms. The average molecular weight is 310 g/mol. The summed E-state index contributed by atoms with van der Waals surface area (Å²) >= 11 is 0. The van der Waals surface area contributed by atoms with E-state index in [1.165, 1.54) is 5.56 Å². The van der Waals surface area contributed by atoms with Gasteiger partial charge in [-0.2, -0.15) is 0 Å². The Morgan fingerprint density at radius 3 is 2.65 bits per heavy atom. The van der Waals surface area contributed by atoms with Crippen LogP contribution in [0, 0.1) is 0 Å². The van der Waals surface area contributed by atoms with Crippen LogP contribution >= 0.6 is 0 Å². The molecule has 1 fully saturated rings. The number of carbonyl (C=O) groups is 1. The van der Waals surface area contributed by atoms with Gasteiger partial charge in [-0.25, -0.2) is 0 Å². The molecule has 120 valence electrons. The first kappa shape index (κ1) is 15.6. The third-order valence-corrected chi connectivity index (χ3v) is 4.45. The molecule has 0 aromatic heterocycles. The van der Waals surface area contributed by atoms with Crippen molar-refractivity contribution in [2.24, 2.45) is 0 Å². The van der Waals surface area contributed by atoms with E-state index >= 15 is 0 Å². The Kier molecular flexibility index (Phi) is 4.63. The van der Waals surface area contributed by atoms with Crippen LogP contribution in [-0.2, 0) is 11.2 Å². The van der Waals surface area contributed by atoms with Gasteiger partial charge in [0, 0.05) is 19.6 Å². The monoisotopic (exact) mass is 310 g/mol. The number of hydrogen-bond donors (Lipinski definition) is 1. The maximum atomic E-state index is 12.6. The van der Waals surface area contributed by atoms with E-state index in [0.717, 1.165) is 18.7 Å². The molecule has 1 atom stereocenters. The van der Waals surface area contributed by atoms with Crippen molar-refractivity contribution in [2.75, 3.05) is 26.7 Å². The second kappa shape index (κ2) is 6.84. The van der Waals surface area contributed by atoms with Gasteiger partial charge in [0.15, 0.2) is 0 Å². The first-order valence-corrected chi connectivity index (χ1v) is 7.94. The number of rotatable bonds is 3. The van der Waals surface area contributed by atoms with Crippen molar-refractivity contribution in [3.63, 3.8) is 0 Å². The van der Waals surface area contributed by atoms with Crippen molar-refractivity contribution in [1.29, 1.82) is 0 Å². The fraction of sp³-hybridized carbons (Fsp3) is 0.316. The maximum absolute atomic E-state index is 12.6. The van der Waals surface area contributed by atoms with Crippen LogP contribution in [0.3, 0.4) is 0 Å². The molecule has 1 N–H and O–H groups in total. The molecule has 1 aliphatic rings. The largest absolute Gasteiger partial charge is 0.508 e. The predicted molar refractivity (Wildman–Crippen MR) is 90.2 cm³/mol. The summed E-state index contributed by atoms with van der Waals surface area (Å²) in [5, 5.41) is 9.53. The maximum Gasteiger partial charge on any atom is 0.227 e. The lowest BCUT2D eigenvalue weighted by Gasteiger charge is -2.39. The smallest absolute Gasteiger partial charge is 0.227 e. The lowest BCUT2D eigenvalue weighted by molar-refractivity contribution is -0.133. The highest BCUT2D eigenvalue weighted by Gasteiger charge is 2.28. The fourth-order valence-corrected chi connectivity index (χ4v) is 3.09. The minimum absolute atomic E-state index is 0.115. The first-order chi connectivity index (χ1) is 11.1. The van der Waals surface area contributed by atoms with Crippen LogP contribution in [-0.4, -0.2) is 47.5 Å². The molecule has 0 aliphatic carbocycles. The number of phenolic OH excluding ortho intramolecular Hbond substituents is 1. The van der Waals surface area contributed by atoms with E-state index in [9.17, 15) is 9.90 Å². The Bertz CT molecular complexity index is 672. The molecule has 0 saturated carbocycles. The Balaban J connectivity index is 1.69. The number of amides is 1. The van der Waals surface area contributed by atoms with Gasteiger partial charge in [0.25, 0.3) is 0 Å². The first-order valence-electron chi connectivity index (χ1n) is 7.94. The Hall–Kier alpha value is -2.33. The summed E-state index contributed by atoms with van der Waals surface area (Å²) < 4.78 is 0. The normalized spacial score (nSPS) is 18.8. The number of carbonyl (C=O) groups excluding carboxylic acids is 1. The highest BCUT2D eigenvalue weighted by Crippen LogP contribution is 2.24. The molecule has 0 spiro atoms. The van der Waals surface area contributed by atoms with Crippen LogP contribution in [0.4, 0.5) is 0 Å². The van der Waals surface area contributed by atoms with Gasteiger partial charge in [-0.1, -0.05) is 42.5 Å². The molecule has 4 heteroatoms. The summed E-state index contributed by atoms with van der Waals surface area (Å²) in [6, 6.07) is 17.5. The highest BCUT2D eigenvalue weighted by molar-refractivity contribution is 5.79. The van der Waals surface area contributed by atoms with Crippen LogP contribution in [0.5, 0.6) is 5.75 Å². The molecule has 3 rings (SSSR count). The van der Waals surface area contributed by atoms with Gasteiger partial charge >= 0.3 is 0 Å². The van der Waals surface area contributed by atoms with E-state index in [0.29, 0.717) is 13.0 Å². The Labute approximate surface area is 137 Å². The van der Waals surface area contributed by atoms with Gasteiger partial charge in [-0.05, 0) is 30.3 Å². The lowest BCUT2D eigenvalue weighted by Crippen LogP contribution is -2.49. The molecule has 2 aromatic rings. The van der Waals surface area contributed by atoms with Crippen LogP contribution in [0.25, 0.3) is 0 Å². The minimum Gasteiger partial charge on any atom is -0.508 e. The van der Waals surface area contributed by atoms with Crippen molar-refractivity contribution in [2.45, 2.75) is 12.5 Å². The summed E-state index contributed by atoms with van der Waals surface area (Å²) in [4.78, 5) is 16.8. The standard InChI is InChI=1S/C19H22N2O2/c1-20-10-11-21(14-18(20)16-7-3-2-4-8-16)19(23)13-15-6-5-9-17(22)12-15/h2-9,12,18,22H,10-11,13-14H2,1H3/t18-/m1/s1. The molecule has 4 nitrogen and oxygen atoms in total. The van der Waals surface area contributed by atoms with Gasteiger partial charge in [0.1, 0.15) is 5.75 Å². The van der Waals surface area contributed by atoms with Gasteiger partial charge in [0.05, 0.1) is 12.5 Å². The van der Waals surface area contributed by atoms with E-state index in [1.807, 2.05) is 29.2 Å². The van der Waals surface area contributed by atoms with Crippen molar-refractivity contribution >= 4 is 5.91 Å². The summed E-state index contributed by atoms with van der Waals surface area (Å²) in [5.74, 6) is 0.320. The molecule has 0 unspecified atom stereocenters. The van der Waals surface area contributed by atoms with E-state index in [1.54, 1.807) is 18.2 Å². The second-order valence-electron chi connectivity index (χ2n) is 6.09. The van der Waals surface area contributed by atoms with E-state index in [2.05, 4.69) is 24.1 Å². The molecule has 2 aromatic carbocycles. The third kappa shape index (κ3) is 3.71. The van der Waals surface area contributed by atoms with Crippen LogP contribution < -0.4 is 0 Å². The molecule has 1 saturated heterocycles. The third-order valence-electron chi connectivity index (χ3n) is 4.45. The zero-order valence-corrected chi connectivity index (χ0v) is 13.4. The van der Waals surface area contributed by atoms with Crippen molar-refractivity contribution in [1.82, 2.24) is 9.80 Å². The molecular formula is C19H22N2O2. The summed E-state index contributed by atoms with van der Waals surface area (Å²) in [6.45, 7) is 2.32. The van der Waals surface area contributed by atoms with Crippen LogP contribution in [0.15, 0.2) is 54.6 Å². The van der Waals surface area contributed by atoms with Crippen molar-refractivity contribution < 1.29 is 9.90 Å². The molecule has 1 amide bonds. The number of likely N-dealkylation sites (N-methyl/N-ethyl adjacent to an activating group) is 1. The Morgan fingerprint density at radius 1 is 1.13 bits per heavy atom. The topological polar surface area (TPSA) is 43.8 Å². The number of phenols is 1.